The average molecular weight is 494 g/mol. The molecule has 9 nitrogen and oxygen atoms in total. The summed E-state index contributed by atoms with van der Waals surface area (Å²) in [5.74, 6) is -0.604. The highest BCUT2D eigenvalue weighted by Gasteiger charge is 2.14. The topological polar surface area (TPSA) is 127 Å². The Morgan fingerprint density at radius 3 is 2.62 bits per heavy atom. The molecule has 0 spiro atoms. The van der Waals surface area contributed by atoms with E-state index in [1.54, 1.807) is 12.1 Å². The van der Waals surface area contributed by atoms with Crippen LogP contribution in [0.1, 0.15) is 10.4 Å². The highest BCUT2D eigenvalue weighted by molar-refractivity contribution is 9.10. The largest absolute Gasteiger partial charge is 0.325 e. The Morgan fingerprint density at radius 1 is 1.14 bits per heavy atom. The van der Waals surface area contributed by atoms with Crippen LogP contribution in [-0.4, -0.2) is 32.7 Å². The molecule has 1 aromatic heterocycles. The Bertz CT molecular complexity index is 1060. The van der Waals surface area contributed by atoms with Crippen LogP contribution in [0.15, 0.2) is 57.3 Å². The molecule has 12 heteroatoms. The fourth-order valence-electron chi connectivity index (χ4n) is 2.11. The van der Waals surface area contributed by atoms with Gasteiger partial charge in [0.15, 0.2) is 4.34 Å². The number of anilines is 2. The van der Waals surface area contributed by atoms with Gasteiger partial charge in [-0.3, -0.25) is 25.0 Å². The van der Waals surface area contributed by atoms with Crippen LogP contribution in [0.25, 0.3) is 0 Å². The minimum Gasteiger partial charge on any atom is -0.325 e. The number of hydrogen-bond donors (Lipinski definition) is 2. The summed E-state index contributed by atoms with van der Waals surface area (Å²) in [7, 11) is 0. The van der Waals surface area contributed by atoms with E-state index in [9.17, 15) is 19.7 Å². The van der Waals surface area contributed by atoms with Gasteiger partial charge in [0.25, 0.3) is 11.6 Å². The smallest absolute Gasteiger partial charge is 0.270 e. The molecule has 0 fully saturated rings. The molecule has 0 saturated heterocycles. The number of carbonyl (C=O) groups is 2. The van der Waals surface area contributed by atoms with Gasteiger partial charge in [-0.05, 0) is 30.3 Å². The summed E-state index contributed by atoms with van der Waals surface area (Å²) in [6, 6.07) is 12.6. The number of carbonyl (C=O) groups excluding carboxylic acids is 2. The number of nitro benzene ring substituents is 1. The van der Waals surface area contributed by atoms with Crippen molar-refractivity contribution in [3.8, 4) is 0 Å². The Morgan fingerprint density at radius 2 is 1.90 bits per heavy atom. The molecule has 2 amide bonds. The van der Waals surface area contributed by atoms with Gasteiger partial charge in [-0.2, -0.15) is 0 Å². The van der Waals surface area contributed by atoms with E-state index in [0.29, 0.717) is 10.0 Å². The predicted molar refractivity (Wildman–Crippen MR) is 114 cm³/mol. The van der Waals surface area contributed by atoms with Crippen molar-refractivity contribution in [3.63, 3.8) is 0 Å². The van der Waals surface area contributed by atoms with E-state index < -0.39 is 10.8 Å². The third-order valence-electron chi connectivity index (χ3n) is 3.40. The molecule has 0 aliphatic rings. The van der Waals surface area contributed by atoms with Crippen molar-refractivity contribution in [2.45, 2.75) is 4.34 Å². The Labute approximate surface area is 181 Å². The first-order valence-electron chi connectivity index (χ1n) is 7.98. The molecule has 0 bridgehead atoms. The number of non-ortho nitro benzene ring substituents is 1. The van der Waals surface area contributed by atoms with Crippen LogP contribution in [0.3, 0.4) is 0 Å². The first kappa shape index (κ1) is 20.9. The maximum atomic E-state index is 12.2. The molecular weight excluding hydrogens is 482 g/mol. The van der Waals surface area contributed by atoms with Crippen molar-refractivity contribution in [2.75, 3.05) is 16.4 Å². The van der Waals surface area contributed by atoms with E-state index in [2.05, 4.69) is 36.8 Å². The Balaban J connectivity index is 1.53. The van der Waals surface area contributed by atoms with Gasteiger partial charge in [0.05, 0.1) is 10.7 Å². The number of aromatic nitrogens is 2. The third kappa shape index (κ3) is 6.07. The van der Waals surface area contributed by atoms with Gasteiger partial charge in [-0.25, -0.2) is 0 Å². The number of nitrogens with one attached hydrogen (secondary N) is 2. The van der Waals surface area contributed by atoms with E-state index >= 15 is 0 Å². The summed E-state index contributed by atoms with van der Waals surface area (Å²) >= 11 is 5.62. The standard InChI is InChI=1S/C17H12BrN5O4S2/c18-11-4-6-12(7-5-11)19-14(24)9-28-17-22-21-16(29-17)20-15(25)10-2-1-3-13(8-10)23(26)27/h1-8H,9H2,(H,19,24)(H,20,21,25). The molecule has 148 valence electrons. The summed E-state index contributed by atoms with van der Waals surface area (Å²) in [4.78, 5) is 34.5. The van der Waals surface area contributed by atoms with Crippen LogP contribution in [-0.2, 0) is 4.79 Å². The Kier molecular flexibility index (Phi) is 6.90. The van der Waals surface area contributed by atoms with E-state index in [4.69, 9.17) is 0 Å². The van der Waals surface area contributed by atoms with Gasteiger partial charge in [-0.15, -0.1) is 10.2 Å². The van der Waals surface area contributed by atoms with E-state index in [0.717, 1.165) is 15.8 Å². The van der Waals surface area contributed by atoms with Gasteiger partial charge >= 0.3 is 0 Å². The highest BCUT2D eigenvalue weighted by atomic mass is 79.9. The second-order valence-corrected chi connectivity index (χ2v) is 8.59. The summed E-state index contributed by atoms with van der Waals surface area (Å²) in [5, 5.41) is 24.1. The number of halogens is 1. The number of nitrogens with zero attached hydrogens (tertiary/aromatic N) is 3. The number of hydrogen-bond acceptors (Lipinski definition) is 8. The van der Waals surface area contributed by atoms with E-state index in [-0.39, 0.29) is 28.0 Å². The van der Waals surface area contributed by atoms with Gasteiger partial charge in [-0.1, -0.05) is 45.1 Å². The van der Waals surface area contributed by atoms with Crippen LogP contribution in [0.5, 0.6) is 0 Å². The van der Waals surface area contributed by atoms with Crippen molar-refractivity contribution in [3.05, 3.63) is 68.7 Å². The molecule has 3 aromatic rings. The second-order valence-electron chi connectivity index (χ2n) is 5.48. The molecule has 0 saturated carbocycles. The summed E-state index contributed by atoms with van der Waals surface area (Å²) in [5.41, 5.74) is 0.640. The van der Waals surface area contributed by atoms with Gasteiger partial charge in [0.2, 0.25) is 11.0 Å². The first-order chi connectivity index (χ1) is 13.9. The van der Waals surface area contributed by atoms with Crippen molar-refractivity contribution in [2.24, 2.45) is 0 Å². The van der Waals surface area contributed by atoms with Gasteiger partial charge in [0.1, 0.15) is 0 Å². The molecular formula is C17H12BrN5O4S2. The second kappa shape index (κ2) is 9.58. The molecule has 0 aliphatic heterocycles. The molecule has 29 heavy (non-hydrogen) atoms. The first-order valence-corrected chi connectivity index (χ1v) is 10.6. The number of thioether (sulfide) groups is 1. The minimum atomic E-state index is -0.574. The molecule has 0 radical (unpaired) electrons. The number of amides is 2. The SMILES string of the molecule is O=C(CSc1nnc(NC(=O)c2cccc([N+](=O)[O-])c2)s1)Nc1ccc(Br)cc1. The van der Waals surface area contributed by atoms with Gasteiger partial charge in [0, 0.05) is 27.9 Å². The molecule has 0 unspecified atom stereocenters. The van der Waals surface area contributed by atoms with Crippen LogP contribution in [0, 0.1) is 10.1 Å². The lowest BCUT2D eigenvalue weighted by atomic mass is 10.2. The quantitative estimate of drug-likeness (QED) is 0.218. The van der Waals surface area contributed by atoms with Crippen molar-refractivity contribution in [1.82, 2.24) is 10.2 Å². The molecule has 3 rings (SSSR count). The monoisotopic (exact) mass is 493 g/mol. The van der Waals surface area contributed by atoms with Crippen molar-refractivity contribution >= 4 is 67.3 Å². The number of benzene rings is 2. The lowest BCUT2D eigenvalue weighted by Crippen LogP contribution is -2.13. The van der Waals surface area contributed by atoms with E-state index in [1.165, 1.54) is 36.0 Å². The van der Waals surface area contributed by atoms with E-state index in [1.807, 2.05) is 12.1 Å². The summed E-state index contributed by atoms with van der Waals surface area (Å²) < 4.78 is 1.42. The molecule has 0 atom stereocenters. The maximum Gasteiger partial charge on any atom is 0.270 e. The zero-order chi connectivity index (χ0) is 20.8. The zero-order valence-electron chi connectivity index (χ0n) is 14.5. The normalized spacial score (nSPS) is 10.4. The lowest BCUT2D eigenvalue weighted by Gasteiger charge is -2.03. The summed E-state index contributed by atoms with van der Waals surface area (Å²) in [6.45, 7) is 0. The highest BCUT2D eigenvalue weighted by Crippen LogP contribution is 2.26. The van der Waals surface area contributed by atoms with Crippen LogP contribution in [0.2, 0.25) is 0 Å². The van der Waals surface area contributed by atoms with Crippen LogP contribution in [0.4, 0.5) is 16.5 Å². The fraction of sp³-hybridized carbons (Fsp3) is 0.0588. The number of nitro groups is 1. The van der Waals surface area contributed by atoms with Crippen molar-refractivity contribution < 1.29 is 14.5 Å². The fourth-order valence-corrected chi connectivity index (χ4v) is 3.92. The Hall–Kier alpha value is -2.83. The van der Waals surface area contributed by atoms with Crippen molar-refractivity contribution in [1.29, 1.82) is 0 Å². The predicted octanol–water partition coefficient (Wildman–Crippen LogP) is 4.19. The molecule has 2 aromatic carbocycles. The van der Waals surface area contributed by atoms with Gasteiger partial charge < -0.3 is 5.32 Å². The van der Waals surface area contributed by atoms with Crippen LogP contribution < -0.4 is 10.6 Å². The third-order valence-corrected chi connectivity index (χ3v) is 5.90. The average Bonchev–Trinajstić information content (AvgIpc) is 3.15. The maximum absolute atomic E-state index is 12.2. The number of rotatable bonds is 7. The van der Waals surface area contributed by atoms with Crippen LogP contribution >= 0.6 is 39.0 Å². The lowest BCUT2D eigenvalue weighted by molar-refractivity contribution is -0.384. The summed E-state index contributed by atoms with van der Waals surface area (Å²) in [6.07, 6.45) is 0. The molecule has 2 N–H and O–H groups in total. The molecule has 0 aliphatic carbocycles. The minimum absolute atomic E-state index is 0.128. The molecule has 1 heterocycles. The zero-order valence-corrected chi connectivity index (χ0v) is 17.7.